The Bertz CT molecular complexity index is 874. The Morgan fingerprint density at radius 2 is 1.59 bits per heavy atom. The summed E-state index contributed by atoms with van der Waals surface area (Å²) in [5.74, 6) is -0.793. The fraction of sp³-hybridized carbons (Fsp3) is 0.348. The van der Waals surface area contributed by atoms with Crippen molar-refractivity contribution in [1.82, 2.24) is 0 Å². The fourth-order valence-electron chi connectivity index (χ4n) is 2.46. The van der Waals surface area contributed by atoms with Gasteiger partial charge in [0, 0.05) is 23.0 Å². The van der Waals surface area contributed by atoms with Crippen LogP contribution < -0.4 is 4.90 Å². The molecule has 0 heterocycles. The maximum absolute atomic E-state index is 12.8. The summed E-state index contributed by atoms with van der Waals surface area (Å²) in [5.41, 5.74) is 0.580. The maximum atomic E-state index is 12.8. The zero-order chi connectivity index (χ0) is 21.6. The first kappa shape index (κ1) is 22.7. The molecule has 1 atom stereocenters. The molecule has 0 N–H and O–H groups in total. The Labute approximate surface area is 176 Å². The predicted octanol–water partition coefficient (Wildman–Crippen LogP) is 4.60. The van der Waals surface area contributed by atoms with Crippen LogP contribution in [0.4, 0.5) is 5.69 Å². The van der Waals surface area contributed by atoms with E-state index in [0.717, 1.165) is 5.69 Å². The normalized spacial score (nSPS) is 12.2. The van der Waals surface area contributed by atoms with Gasteiger partial charge in [0.25, 0.3) is 0 Å². The first-order valence-electron chi connectivity index (χ1n) is 9.40. The zero-order valence-electron chi connectivity index (χ0n) is 17.5. The third-order valence-corrected chi connectivity index (χ3v) is 5.57. The number of rotatable bonds is 7. The standard InChI is InChI=1S/C23H27NO4S/c1-16(21(26)24(5)17-11-7-6-8-12-17)29-19-14-10-9-13-18(19)22(27)28-15-20(25)23(2,3)4/h6-14,16H,15H2,1-5H3/t16-/m1/s1. The molecule has 6 heteroatoms. The van der Waals surface area contributed by atoms with Crippen LogP contribution in [0.15, 0.2) is 59.5 Å². The van der Waals surface area contributed by atoms with Crippen molar-refractivity contribution in [2.75, 3.05) is 18.6 Å². The molecule has 0 bridgehead atoms. The van der Waals surface area contributed by atoms with E-state index in [1.165, 1.54) is 11.8 Å². The second-order valence-electron chi connectivity index (χ2n) is 7.74. The van der Waals surface area contributed by atoms with Gasteiger partial charge in [0.2, 0.25) is 5.91 Å². The molecule has 0 aromatic heterocycles. The Morgan fingerprint density at radius 1 is 1.00 bits per heavy atom. The van der Waals surface area contributed by atoms with Crippen LogP contribution in [0.25, 0.3) is 0 Å². The molecule has 0 aliphatic heterocycles. The van der Waals surface area contributed by atoms with Gasteiger partial charge in [-0.05, 0) is 31.2 Å². The Morgan fingerprint density at radius 3 is 2.21 bits per heavy atom. The lowest BCUT2D eigenvalue weighted by atomic mass is 9.91. The molecule has 0 saturated carbocycles. The third-order valence-electron chi connectivity index (χ3n) is 4.40. The lowest BCUT2D eigenvalue weighted by Crippen LogP contribution is -2.33. The van der Waals surface area contributed by atoms with E-state index < -0.39 is 16.6 Å². The molecule has 2 aromatic carbocycles. The summed E-state index contributed by atoms with van der Waals surface area (Å²) < 4.78 is 5.22. The summed E-state index contributed by atoms with van der Waals surface area (Å²) in [6.07, 6.45) is 0. The summed E-state index contributed by atoms with van der Waals surface area (Å²) in [7, 11) is 1.73. The van der Waals surface area contributed by atoms with E-state index in [2.05, 4.69) is 0 Å². The Balaban J connectivity index is 2.09. The Hall–Kier alpha value is -2.60. The Kier molecular flexibility index (Phi) is 7.62. The molecule has 0 fully saturated rings. The highest BCUT2D eigenvalue weighted by molar-refractivity contribution is 8.00. The average Bonchev–Trinajstić information content (AvgIpc) is 2.70. The summed E-state index contributed by atoms with van der Waals surface area (Å²) in [5, 5.41) is -0.412. The van der Waals surface area contributed by atoms with Crippen LogP contribution >= 0.6 is 11.8 Å². The predicted molar refractivity (Wildman–Crippen MR) is 116 cm³/mol. The van der Waals surface area contributed by atoms with Crippen LogP contribution in [0.1, 0.15) is 38.1 Å². The van der Waals surface area contributed by atoms with Crippen molar-refractivity contribution >= 4 is 35.1 Å². The lowest BCUT2D eigenvalue weighted by Gasteiger charge is -2.22. The second kappa shape index (κ2) is 9.74. The van der Waals surface area contributed by atoms with Gasteiger partial charge < -0.3 is 9.64 Å². The van der Waals surface area contributed by atoms with Gasteiger partial charge in [0.05, 0.1) is 10.8 Å². The van der Waals surface area contributed by atoms with Crippen molar-refractivity contribution in [3.8, 4) is 0 Å². The van der Waals surface area contributed by atoms with Gasteiger partial charge in [-0.15, -0.1) is 11.8 Å². The van der Waals surface area contributed by atoms with Crippen molar-refractivity contribution < 1.29 is 19.1 Å². The van der Waals surface area contributed by atoms with E-state index in [-0.39, 0.29) is 18.3 Å². The molecule has 0 saturated heterocycles. The number of nitrogens with zero attached hydrogens (tertiary/aromatic N) is 1. The van der Waals surface area contributed by atoms with E-state index in [0.29, 0.717) is 10.5 Å². The highest BCUT2D eigenvalue weighted by atomic mass is 32.2. The summed E-state index contributed by atoms with van der Waals surface area (Å²) in [4.78, 5) is 39.6. The van der Waals surface area contributed by atoms with E-state index in [9.17, 15) is 14.4 Å². The van der Waals surface area contributed by atoms with Crippen LogP contribution in [-0.2, 0) is 14.3 Å². The van der Waals surface area contributed by atoms with Gasteiger partial charge in [0.1, 0.15) is 0 Å². The highest BCUT2D eigenvalue weighted by Gasteiger charge is 2.25. The topological polar surface area (TPSA) is 63.7 Å². The molecule has 0 aliphatic rings. The number of carbonyl (C=O) groups excluding carboxylic acids is 3. The molecular formula is C23H27NO4S. The van der Waals surface area contributed by atoms with Crippen molar-refractivity contribution in [2.24, 2.45) is 5.41 Å². The van der Waals surface area contributed by atoms with Gasteiger partial charge in [-0.3, -0.25) is 9.59 Å². The number of benzene rings is 2. The van der Waals surface area contributed by atoms with Gasteiger partial charge >= 0.3 is 5.97 Å². The van der Waals surface area contributed by atoms with Crippen LogP contribution in [0.2, 0.25) is 0 Å². The molecule has 0 unspecified atom stereocenters. The van der Waals surface area contributed by atoms with Gasteiger partial charge in [0.15, 0.2) is 12.4 Å². The SMILES string of the molecule is C[C@@H](Sc1ccccc1C(=O)OCC(=O)C(C)(C)C)C(=O)N(C)c1ccccc1. The quantitative estimate of drug-likeness (QED) is 0.490. The zero-order valence-corrected chi connectivity index (χ0v) is 18.3. The molecule has 2 aromatic rings. The molecular weight excluding hydrogens is 386 g/mol. The minimum atomic E-state index is -0.572. The maximum Gasteiger partial charge on any atom is 0.339 e. The smallest absolute Gasteiger partial charge is 0.339 e. The number of para-hydroxylation sites is 1. The number of anilines is 1. The van der Waals surface area contributed by atoms with E-state index in [4.69, 9.17) is 4.74 Å². The van der Waals surface area contributed by atoms with Gasteiger partial charge in [-0.2, -0.15) is 0 Å². The minimum Gasteiger partial charge on any atom is -0.454 e. The van der Waals surface area contributed by atoms with Gasteiger partial charge in [-0.1, -0.05) is 51.1 Å². The molecule has 29 heavy (non-hydrogen) atoms. The largest absolute Gasteiger partial charge is 0.454 e. The van der Waals surface area contributed by atoms with Crippen LogP contribution in [-0.4, -0.2) is 36.6 Å². The van der Waals surface area contributed by atoms with Crippen molar-refractivity contribution in [2.45, 2.75) is 37.8 Å². The molecule has 5 nitrogen and oxygen atoms in total. The van der Waals surface area contributed by atoms with Crippen LogP contribution in [0, 0.1) is 5.41 Å². The number of thioether (sulfide) groups is 1. The monoisotopic (exact) mass is 413 g/mol. The number of esters is 1. The van der Waals surface area contributed by atoms with Crippen LogP contribution in [0.3, 0.4) is 0 Å². The number of hydrogen-bond acceptors (Lipinski definition) is 5. The van der Waals surface area contributed by atoms with Gasteiger partial charge in [-0.25, -0.2) is 4.79 Å². The van der Waals surface area contributed by atoms with Crippen LogP contribution in [0.5, 0.6) is 0 Å². The molecule has 0 radical (unpaired) electrons. The van der Waals surface area contributed by atoms with Crippen molar-refractivity contribution in [3.63, 3.8) is 0 Å². The number of hydrogen-bond donors (Lipinski definition) is 0. The minimum absolute atomic E-state index is 0.0766. The van der Waals surface area contributed by atoms with E-state index in [1.807, 2.05) is 30.3 Å². The first-order chi connectivity index (χ1) is 13.6. The fourth-order valence-corrected chi connectivity index (χ4v) is 3.53. The molecule has 1 amide bonds. The second-order valence-corrected chi connectivity index (χ2v) is 9.12. The molecule has 2 rings (SSSR count). The van der Waals surface area contributed by atoms with E-state index in [1.54, 1.807) is 63.9 Å². The number of Topliss-reactive ketones (excluding diaryl/α,β-unsaturated/α-hetero) is 1. The van der Waals surface area contributed by atoms with E-state index >= 15 is 0 Å². The molecule has 0 aliphatic carbocycles. The first-order valence-corrected chi connectivity index (χ1v) is 10.3. The van der Waals surface area contributed by atoms with Crippen molar-refractivity contribution in [1.29, 1.82) is 0 Å². The average molecular weight is 414 g/mol. The summed E-state index contributed by atoms with van der Waals surface area (Å²) in [6, 6.07) is 16.3. The summed E-state index contributed by atoms with van der Waals surface area (Å²) in [6.45, 7) is 6.88. The summed E-state index contributed by atoms with van der Waals surface area (Å²) >= 11 is 1.29. The number of ether oxygens (including phenoxy) is 1. The highest BCUT2D eigenvalue weighted by Crippen LogP contribution is 2.29. The number of ketones is 1. The number of amides is 1. The molecule has 0 spiro atoms. The molecule has 154 valence electrons. The lowest BCUT2D eigenvalue weighted by molar-refractivity contribution is -0.129. The third kappa shape index (κ3) is 6.19. The number of carbonyl (C=O) groups is 3. The van der Waals surface area contributed by atoms with Crippen molar-refractivity contribution in [3.05, 3.63) is 60.2 Å².